The average Bonchev–Trinajstić information content (AvgIpc) is 2.62. The van der Waals surface area contributed by atoms with Crippen LogP contribution >= 0.6 is 0 Å². The number of hydrogen-bond donors (Lipinski definition) is 2. The molecule has 0 atom stereocenters. The molecule has 0 radical (unpaired) electrons. The van der Waals surface area contributed by atoms with Crippen LogP contribution in [0.2, 0.25) is 0 Å². The summed E-state index contributed by atoms with van der Waals surface area (Å²) in [6.07, 6.45) is 4.96. The molecule has 2 N–H and O–H groups in total. The molecule has 0 bridgehead atoms. The summed E-state index contributed by atoms with van der Waals surface area (Å²) in [5, 5.41) is 10.6. The molecule has 0 amide bonds. The summed E-state index contributed by atoms with van der Waals surface area (Å²) in [5.74, 6) is 0.777. The van der Waals surface area contributed by atoms with E-state index in [-0.39, 0.29) is 0 Å². The van der Waals surface area contributed by atoms with Crippen LogP contribution in [0.1, 0.15) is 0 Å². The van der Waals surface area contributed by atoms with Gasteiger partial charge in [-0.1, -0.05) is 6.08 Å². The van der Waals surface area contributed by atoms with Crippen LogP contribution in [-0.2, 0) is 0 Å². The van der Waals surface area contributed by atoms with Gasteiger partial charge in [-0.15, -0.1) is 6.58 Å². The lowest BCUT2D eigenvalue weighted by Crippen LogP contribution is -2.00. The van der Waals surface area contributed by atoms with Crippen molar-refractivity contribution in [3.05, 3.63) is 25.2 Å². The van der Waals surface area contributed by atoms with Crippen LogP contribution in [0, 0.1) is 0 Å². The van der Waals surface area contributed by atoms with Crippen molar-refractivity contribution in [3.8, 4) is 0 Å². The minimum Gasteiger partial charge on any atom is -0.366 e. The van der Waals surface area contributed by atoms with Gasteiger partial charge in [0.2, 0.25) is 0 Å². The zero-order valence-electron chi connectivity index (χ0n) is 6.99. The Morgan fingerprint density at radius 3 is 3.31 bits per heavy atom. The van der Waals surface area contributed by atoms with Crippen LogP contribution in [0.4, 0.5) is 5.82 Å². The summed E-state index contributed by atoms with van der Waals surface area (Å²) in [6, 6.07) is 0. The van der Waals surface area contributed by atoms with Crippen LogP contribution in [0.25, 0.3) is 11.0 Å². The zero-order chi connectivity index (χ0) is 9.10. The van der Waals surface area contributed by atoms with Gasteiger partial charge in [-0.05, 0) is 0 Å². The van der Waals surface area contributed by atoms with Crippen molar-refractivity contribution < 1.29 is 0 Å². The van der Waals surface area contributed by atoms with Gasteiger partial charge in [-0.2, -0.15) is 5.10 Å². The number of fused-ring (bicyclic) bond motifs is 1. The lowest BCUT2D eigenvalue weighted by molar-refractivity contribution is 1.09. The fourth-order valence-electron chi connectivity index (χ4n) is 1.07. The van der Waals surface area contributed by atoms with E-state index < -0.39 is 0 Å². The Morgan fingerprint density at radius 2 is 2.46 bits per heavy atom. The Kier molecular flexibility index (Phi) is 1.91. The van der Waals surface area contributed by atoms with Crippen LogP contribution in [0.3, 0.4) is 0 Å². The molecule has 2 aromatic heterocycles. The predicted octanol–water partition coefficient (Wildman–Crippen LogP) is 0.951. The van der Waals surface area contributed by atoms with E-state index in [1.165, 1.54) is 6.33 Å². The Morgan fingerprint density at radius 1 is 1.54 bits per heavy atom. The molecule has 5 heteroatoms. The van der Waals surface area contributed by atoms with Crippen molar-refractivity contribution in [1.82, 2.24) is 20.2 Å². The van der Waals surface area contributed by atoms with Crippen LogP contribution < -0.4 is 5.32 Å². The molecule has 0 fully saturated rings. The number of H-pyrrole nitrogens is 1. The maximum absolute atomic E-state index is 4.09. The van der Waals surface area contributed by atoms with Gasteiger partial charge in [-0.25, -0.2) is 9.97 Å². The molecule has 0 saturated heterocycles. The first kappa shape index (κ1) is 7.72. The standard InChI is InChI=1S/C8H9N5/c1-2-3-9-7-6-4-12-13-8(6)11-5-10-7/h2,4-5H,1,3H2,(H2,9,10,11,12,13). The van der Waals surface area contributed by atoms with Gasteiger partial charge in [0.1, 0.15) is 12.1 Å². The molecule has 5 nitrogen and oxygen atoms in total. The Balaban J connectivity index is 2.42. The van der Waals surface area contributed by atoms with Gasteiger partial charge in [0.05, 0.1) is 11.6 Å². The highest BCUT2D eigenvalue weighted by molar-refractivity contribution is 5.85. The first-order chi connectivity index (χ1) is 6.42. The van der Waals surface area contributed by atoms with Gasteiger partial charge >= 0.3 is 0 Å². The lowest BCUT2D eigenvalue weighted by atomic mass is 10.4. The largest absolute Gasteiger partial charge is 0.366 e. The fourth-order valence-corrected chi connectivity index (χ4v) is 1.07. The summed E-state index contributed by atoms with van der Waals surface area (Å²) in [5.41, 5.74) is 0.738. The van der Waals surface area contributed by atoms with E-state index in [0.29, 0.717) is 6.54 Å². The molecule has 13 heavy (non-hydrogen) atoms. The molecule has 0 aliphatic carbocycles. The molecule has 0 aromatic carbocycles. The topological polar surface area (TPSA) is 66.5 Å². The lowest BCUT2D eigenvalue weighted by Gasteiger charge is -2.01. The van der Waals surface area contributed by atoms with Crippen molar-refractivity contribution in [3.63, 3.8) is 0 Å². The quantitative estimate of drug-likeness (QED) is 0.681. The minimum atomic E-state index is 0.678. The third-order valence-electron chi connectivity index (χ3n) is 1.66. The average molecular weight is 175 g/mol. The number of nitrogens with zero attached hydrogens (tertiary/aromatic N) is 3. The van der Waals surface area contributed by atoms with E-state index in [1.54, 1.807) is 12.3 Å². The highest BCUT2D eigenvalue weighted by Gasteiger charge is 2.02. The third-order valence-corrected chi connectivity index (χ3v) is 1.66. The molecule has 0 aliphatic heterocycles. The Hall–Kier alpha value is -1.91. The molecule has 2 heterocycles. The van der Waals surface area contributed by atoms with Crippen LogP contribution in [0.5, 0.6) is 0 Å². The number of aromatic nitrogens is 4. The second-order valence-corrected chi connectivity index (χ2v) is 2.52. The number of nitrogens with one attached hydrogen (secondary N) is 2. The highest BCUT2D eigenvalue weighted by Crippen LogP contribution is 2.15. The zero-order valence-corrected chi connectivity index (χ0v) is 6.99. The molecular formula is C8H9N5. The number of rotatable bonds is 3. The third kappa shape index (κ3) is 1.35. The van der Waals surface area contributed by atoms with Crippen LogP contribution in [-0.4, -0.2) is 26.7 Å². The molecule has 0 aliphatic rings. The molecule has 66 valence electrons. The second kappa shape index (κ2) is 3.22. The molecule has 0 spiro atoms. The van der Waals surface area contributed by atoms with Gasteiger partial charge in [-0.3, -0.25) is 5.10 Å². The maximum Gasteiger partial charge on any atom is 0.160 e. The molecular weight excluding hydrogens is 166 g/mol. The molecule has 0 saturated carbocycles. The summed E-state index contributed by atoms with van der Waals surface area (Å²) >= 11 is 0. The summed E-state index contributed by atoms with van der Waals surface area (Å²) in [6.45, 7) is 4.29. The van der Waals surface area contributed by atoms with E-state index >= 15 is 0 Å². The SMILES string of the molecule is C=CCNc1ncnc2[nH]ncc12. The number of aromatic amines is 1. The van der Waals surface area contributed by atoms with Gasteiger partial charge in [0.15, 0.2) is 5.65 Å². The summed E-state index contributed by atoms with van der Waals surface area (Å²) in [4.78, 5) is 8.10. The van der Waals surface area contributed by atoms with Gasteiger partial charge in [0.25, 0.3) is 0 Å². The fraction of sp³-hybridized carbons (Fsp3) is 0.125. The highest BCUT2D eigenvalue weighted by atomic mass is 15.2. The Bertz CT molecular complexity index is 419. The van der Waals surface area contributed by atoms with E-state index in [1.807, 2.05) is 0 Å². The van der Waals surface area contributed by atoms with E-state index in [4.69, 9.17) is 0 Å². The summed E-state index contributed by atoms with van der Waals surface area (Å²) in [7, 11) is 0. The minimum absolute atomic E-state index is 0.678. The summed E-state index contributed by atoms with van der Waals surface area (Å²) < 4.78 is 0. The molecule has 2 aromatic rings. The Labute approximate surface area is 74.9 Å². The van der Waals surface area contributed by atoms with Crippen molar-refractivity contribution in [2.45, 2.75) is 0 Å². The first-order valence-corrected chi connectivity index (χ1v) is 3.90. The number of hydrogen-bond acceptors (Lipinski definition) is 4. The van der Waals surface area contributed by atoms with Crippen molar-refractivity contribution >= 4 is 16.9 Å². The van der Waals surface area contributed by atoms with E-state index in [9.17, 15) is 0 Å². The number of anilines is 1. The van der Waals surface area contributed by atoms with Crippen molar-refractivity contribution in [2.24, 2.45) is 0 Å². The van der Waals surface area contributed by atoms with Crippen molar-refractivity contribution in [2.75, 3.05) is 11.9 Å². The van der Waals surface area contributed by atoms with Gasteiger partial charge in [0, 0.05) is 6.54 Å². The van der Waals surface area contributed by atoms with E-state index in [2.05, 4.69) is 32.1 Å². The molecule has 0 unspecified atom stereocenters. The van der Waals surface area contributed by atoms with Crippen molar-refractivity contribution in [1.29, 1.82) is 0 Å². The predicted molar refractivity (Wildman–Crippen MR) is 50.4 cm³/mol. The monoisotopic (exact) mass is 175 g/mol. The first-order valence-electron chi connectivity index (χ1n) is 3.90. The second-order valence-electron chi connectivity index (χ2n) is 2.52. The maximum atomic E-state index is 4.09. The van der Waals surface area contributed by atoms with E-state index in [0.717, 1.165) is 16.9 Å². The normalized spacial score (nSPS) is 10.2. The molecule has 2 rings (SSSR count). The smallest absolute Gasteiger partial charge is 0.160 e. The van der Waals surface area contributed by atoms with Gasteiger partial charge < -0.3 is 5.32 Å². The van der Waals surface area contributed by atoms with Crippen LogP contribution in [0.15, 0.2) is 25.2 Å².